The zero-order valence-corrected chi connectivity index (χ0v) is 14.9. The van der Waals surface area contributed by atoms with Crippen LogP contribution in [0.15, 0.2) is 18.2 Å². The standard InChI is InChI=1S/C20H30N2O/c1-4-22-15-20(8-7-19(22)23)9-11-21(12-10-20)14-18-6-5-16(2)17(3)13-18/h5-6,13H,4,7-12,14-15H2,1-3H3. The molecular formula is C20H30N2O. The summed E-state index contributed by atoms with van der Waals surface area (Å²) in [6.45, 7) is 11.7. The Hall–Kier alpha value is -1.35. The number of carbonyl (C=O) groups is 1. The Morgan fingerprint density at radius 2 is 1.83 bits per heavy atom. The van der Waals surface area contributed by atoms with Gasteiger partial charge in [-0.25, -0.2) is 0 Å². The van der Waals surface area contributed by atoms with Crippen LogP contribution >= 0.6 is 0 Å². The van der Waals surface area contributed by atoms with Crippen LogP contribution in [-0.4, -0.2) is 41.9 Å². The van der Waals surface area contributed by atoms with E-state index in [1.54, 1.807) is 0 Å². The average Bonchev–Trinajstić information content (AvgIpc) is 2.56. The number of hydrogen-bond donors (Lipinski definition) is 0. The van der Waals surface area contributed by atoms with Gasteiger partial charge >= 0.3 is 0 Å². The maximum absolute atomic E-state index is 11.9. The lowest BCUT2D eigenvalue weighted by molar-refractivity contribution is -0.138. The number of carbonyl (C=O) groups excluding carboxylic acids is 1. The highest BCUT2D eigenvalue weighted by atomic mass is 16.2. The van der Waals surface area contributed by atoms with Gasteiger partial charge in [-0.1, -0.05) is 18.2 Å². The van der Waals surface area contributed by atoms with Crippen LogP contribution in [0.5, 0.6) is 0 Å². The van der Waals surface area contributed by atoms with Crippen LogP contribution in [0, 0.1) is 19.3 Å². The van der Waals surface area contributed by atoms with E-state index in [0.717, 1.165) is 32.5 Å². The van der Waals surface area contributed by atoms with E-state index in [9.17, 15) is 4.79 Å². The summed E-state index contributed by atoms with van der Waals surface area (Å²) in [6, 6.07) is 6.84. The van der Waals surface area contributed by atoms with Crippen molar-refractivity contribution < 1.29 is 4.79 Å². The third-order valence-corrected chi connectivity index (χ3v) is 6.02. The van der Waals surface area contributed by atoms with Crippen molar-refractivity contribution in [1.82, 2.24) is 9.80 Å². The zero-order chi connectivity index (χ0) is 16.4. The monoisotopic (exact) mass is 314 g/mol. The molecule has 0 atom stereocenters. The largest absolute Gasteiger partial charge is 0.342 e. The first-order valence-electron chi connectivity index (χ1n) is 9.08. The van der Waals surface area contributed by atoms with Crippen LogP contribution < -0.4 is 0 Å². The molecule has 0 radical (unpaired) electrons. The van der Waals surface area contributed by atoms with Crippen molar-refractivity contribution >= 4 is 5.91 Å². The summed E-state index contributed by atoms with van der Waals surface area (Å²) in [4.78, 5) is 16.6. The second kappa shape index (κ2) is 6.64. The van der Waals surface area contributed by atoms with Gasteiger partial charge in [-0.2, -0.15) is 0 Å². The summed E-state index contributed by atoms with van der Waals surface area (Å²) in [5, 5.41) is 0. The first kappa shape index (κ1) is 16.5. The smallest absolute Gasteiger partial charge is 0.222 e. The van der Waals surface area contributed by atoms with E-state index >= 15 is 0 Å². The molecule has 2 fully saturated rings. The quantitative estimate of drug-likeness (QED) is 0.852. The maximum Gasteiger partial charge on any atom is 0.222 e. The molecular weight excluding hydrogens is 284 g/mol. The highest BCUT2D eigenvalue weighted by Crippen LogP contribution is 2.40. The average molecular weight is 314 g/mol. The second-order valence-corrected chi connectivity index (χ2v) is 7.60. The van der Waals surface area contributed by atoms with Gasteiger partial charge in [0.25, 0.3) is 0 Å². The van der Waals surface area contributed by atoms with Crippen LogP contribution in [0.1, 0.15) is 49.3 Å². The lowest BCUT2D eigenvalue weighted by atomic mass is 9.72. The molecule has 2 saturated heterocycles. The fourth-order valence-corrected chi connectivity index (χ4v) is 4.14. The highest BCUT2D eigenvalue weighted by molar-refractivity contribution is 5.77. The zero-order valence-electron chi connectivity index (χ0n) is 14.9. The van der Waals surface area contributed by atoms with Gasteiger partial charge in [0.2, 0.25) is 5.91 Å². The molecule has 1 aromatic rings. The van der Waals surface area contributed by atoms with Gasteiger partial charge in [-0.3, -0.25) is 9.69 Å². The Kier molecular flexibility index (Phi) is 4.77. The molecule has 1 aromatic carbocycles. The van der Waals surface area contributed by atoms with Crippen LogP contribution in [-0.2, 0) is 11.3 Å². The lowest BCUT2D eigenvalue weighted by Crippen LogP contribution is -2.51. The molecule has 23 heavy (non-hydrogen) atoms. The minimum atomic E-state index is 0.357. The molecule has 0 bridgehead atoms. The third-order valence-electron chi connectivity index (χ3n) is 6.02. The topological polar surface area (TPSA) is 23.6 Å². The van der Waals surface area contributed by atoms with E-state index in [1.807, 2.05) is 0 Å². The summed E-state index contributed by atoms with van der Waals surface area (Å²) in [5.74, 6) is 0.357. The van der Waals surface area contributed by atoms with Crippen LogP contribution in [0.4, 0.5) is 0 Å². The molecule has 3 nitrogen and oxygen atoms in total. The Bertz CT molecular complexity index is 573. The van der Waals surface area contributed by atoms with Crippen molar-refractivity contribution in [2.45, 2.75) is 53.0 Å². The van der Waals surface area contributed by atoms with Crippen molar-refractivity contribution in [1.29, 1.82) is 0 Å². The Balaban J connectivity index is 1.58. The molecule has 0 N–H and O–H groups in total. The van der Waals surface area contributed by atoms with Gasteiger partial charge in [0.15, 0.2) is 0 Å². The third kappa shape index (κ3) is 3.60. The SMILES string of the molecule is CCN1CC2(CCC1=O)CCN(Cc1ccc(C)c(C)c1)CC2. The number of benzene rings is 1. The van der Waals surface area contributed by atoms with Crippen molar-refractivity contribution in [3.63, 3.8) is 0 Å². The number of rotatable bonds is 3. The molecule has 0 aliphatic carbocycles. The molecule has 3 rings (SSSR count). The minimum Gasteiger partial charge on any atom is -0.342 e. The molecule has 1 spiro atoms. The van der Waals surface area contributed by atoms with Gasteiger partial charge < -0.3 is 4.90 Å². The number of amides is 1. The number of aryl methyl sites for hydroxylation is 2. The summed E-state index contributed by atoms with van der Waals surface area (Å²) < 4.78 is 0. The molecule has 2 aliphatic rings. The van der Waals surface area contributed by atoms with Gasteiger partial charge in [0.1, 0.15) is 0 Å². The molecule has 0 aromatic heterocycles. The Morgan fingerprint density at radius 1 is 1.09 bits per heavy atom. The predicted octanol–water partition coefficient (Wildman–Crippen LogP) is 3.53. The van der Waals surface area contributed by atoms with E-state index in [0.29, 0.717) is 11.3 Å². The lowest BCUT2D eigenvalue weighted by Gasteiger charge is -2.47. The van der Waals surface area contributed by atoms with Crippen LogP contribution in [0.3, 0.4) is 0 Å². The van der Waals surface area contributed by atoms with Gasteiger partial charge in [0, 0.05) is 26.1 Å². The summed E-state index contributed by atoms with van der Waals surface area (Å²) in [6.07, 6.45) is 4.33. The Morgan fingerprint density at radius 3 is 2.48 bits per heavy atom. The number of piperidine rings is 2. The maximum atomic E-state index is 11.9. The molecule has 126 valence electrons. The predicted molar refractivity (Wildman–Crippen MR) is 94.3 cm³/mol. The Labute approximate surface area is 140 Å². The van der Waals surface area contributed by atoms with Crippen molar-refractivity contribution in [2.75, 3.05) is 26.2 Å². The van der Waals surface area contributed by atoms with E-state index in [1.165, 1.54) is 42.6 Å². The first-order chi connectivity index (χ1) is 11.0. The molecule has 2 heterocycles. The van der Waals surface area contributed by atoms with Crippen LogP contribution in [0.2, 0.25) is 0 Å². The molecule has 0 saturated carbocycles. The number of hydrogen-bond acceptors (Lipinski definition) is 2. The first-order valence-corrected chi connectivity index (χ1v) is 9.08. The van der Waals surface area contributed by atoms with E-state index in [4.69, 9.17) is 0 Å². The number of nitrogens with zero attached hydrogens (tertiary/aromatic N) is 2. The minimum absolute atomic E-state index is 0.357. The van der Waals surface area contributed by atoms with Crippen molar-refractivity contribution in [3.8, 4) is 0 Å². The summed E-state index contributed by atoms with van der Waals surface area (Å²) in [7, 11) is 0. The summed E-state index contributed by atoms with van der Waals surface area (Å²) >= 11 is 0. The normalized spacial score (nSPS) is 21.9. The van der Waals surface area contributed by atoms with Crippen LogP contribution in [0.25, 0.3) is 0 Å². The fraction of sp³-hybridized carbons (Fsp3) is 0.650. The summed E-state index contributed by atoms with van der Waals surface area (Å²) in [5.41, 5.74) is 4.58. The van der Waals surface area contributed by atoms with E-state index < -0.39 is 0 Å². The fourth-order valence-electron chi connectivity index (χ4n) is 4.14. The van der Waals surface area contributed by atoms with Crippen molar-refractivity contribution in [2.24, 2.45) is 5.41 Å². The van der Waals surface area contributed by atoms with Crippen molar-refractivity contribution in [3.05, 3.63) is 34.9 Å². The van der Waals surface area contributed by atoms with E-state index in [-0.39, 0.29) is 0 Å². The highest BCUT2D eigenvalue weighted by Gasteiger charge is 2.40. The van der Waals surface area contributed by atoms with Gasteiger partial charge in [-0.15, -0.1) is 0 Å². The van der Waals surface area contributed by atoms with Gasteiger partial charge in [0.05, 0.1) is 0 Å². The molecule has 1 amide bonds. The van der Waals surface area contributed by atoms with E-state index in [2.05, 4.69) is 48.8 Å². The van der Waals surface area contributed by atoms with Gasteiger partial charge in [-0.05, 0) is 75.2 Å². The number of likely N-dealkylation sites (tertiary alicyclic amines) is 2. The molecule has 3 heteroatoms. The molecule has 0 unspecified atom stereocenters. The second-order valence-electron chi connectivity index (χ2n) is 7.60. The molecule has 2 aliphatic heterocycles.